The maximum Gasteiger partial charge on any atom is 0.203 e. The molecule has 1 heterocycles. The van der Waals surface area contributed by atoms with Crippen molar-refractivity contribution in [1.29, 1.82) is 5.41 Å². The minimum absolute atomic E-state index is 0.0919. The Balaban J connectivity index is 1.52. The highest BCUT2D eigenvalue weighted by molar-refractivity contribution is 5.76. The summed E-state index contributed by atoms with van der Waals surface area (Å²) in [6.07, 6.45) is 2.63. The molecule has 4 aromatic rings. The molecule has 2 unspecified atom stereocenters. The summed E-state index contributed by atoms with van der Waals surface area (Å²) in [5, 5.41) is 9.62. The molecule has 218 valence electrons. The Morgan fingerprint density at radius 1 is 0.805 bits per heavy atom. The van der Waals surface area contributed by atoms with Crippen LogP contribution in [0.15, 0.2) is 72.8 Å². The van der Waals surface area contributed by atoms with Crippen LogP contribution < -0.4 is 5.62 Å². The van der Waals surface area contributed by atoms with Gasteiger partial charge in [0.05, 0.1) is 49.5 Å². The number of ether oxygens (including phenoxy) is 4. The quantitative estimate of drug-likeness (QED) is 0.144. The van der Waals surface area contributed by atoms with E-state index < -0.39 is 6.29 Å². The molecule has 5 rings (SSSR count). The molecule has 7 heteroatoms. The highest BCUT2D eigenvalue weighted by Gasteiger charge is 2.36. The molecular weight excluding hydrogens is 514 g/mol. The number of aromatic nitrogens is 2. The van der Waals surface area contributed by atoms with Crippen LogP contribution in [-0.4, -0.2) is 56.1 Å². The number of nitrogens with one attached hydrogen (secondary N) is 1. The van der Waals surface area contributed by atoms with E-state index in [1.165, 1.54) is 35.1 Å². The average molecular weight is 558 g/mol. The van der Waals surface area contributed by atoms with Gasteiger partial charge in [0.15, 0.2) is 6.29 Å². The van der Waals surface area contributed by atoms with Crippen molar-refractivity contribution in [2.75, 3.05) is 40.6 Å². The SMILES string of the molecule is COCCOC(COC[C@H](Cc1ccc(C)cc1)n1c(=N)n(C(c2ccc(C)cc2)C2CC2)c2ccccc21)OC. The lowest BCUT2D eigenvalue weighted by Gasteiger charge is -2.23. The summed E-state index contributed by atoms with van der Waals surface area (Å²) >= 11 is 0. The summed E-state index contributed by atoms with van der Waals surface area (Å²) in [4.78, 5) is 0. The highest BCUT2D eigenvalue weighted by atomic mass is 16.7. The fourth-order valence-electron chi connectivity index (χ4n) is 5.64. The van der Waals surface area contributed by atoms with Crippen molar-refractivity contribution in [3.05, 3.63) is 101 Å². The summed E-state index contributed by atoms with van der Waals surface area (Å²) in [5.41, 5.74) is 7.60. The van der Waals surface area contributed by atoms with Crippen molar-refractivity contribution < 1.29 is 18.9 Å². The number of rotatable bonds is 15. The van der Waals surface area contributed by atoms with Crippen molar-refractivity contribution in [2.24, 2.45) is 5.92 Å². The smallest absolute Gasteiger partial charge is 0.203 e. The fraction of sp³-hybridized carbons (Fsp3) is 0.441. The molecule has 0 amide bonds. The van der Waals surface area contributed by atoms with Gasteiger partial charge in [-0.25, -0.2) is 0 Å². The van der Waals surface area contributed by atoms with Gasteiger partial charge in [0, 0.05) is 14.2 Å². The largest absolute Gasteiger partial charge is 0.382 e. The lowest BCUT2D eigenvalue weighted by atomic mass is 10.0. The topological polar surface area (TPSA) is 70.6 Å². The third kappa shape index (κ3) is 6.99. The van der Waals surface area contributed by atoms with Gasteiger partial charge in [-0.2, -0.15) is 0 Å². The van der Waals surface area contributed by atoms with Crippen LogP contribution in [0.1, 0.15) is 47.2 Å². The molecule has 1 N–H and O–H groups in total. The number of nitrogens with zero attached hydrogens (tertiary/aromatic N) is 2. The van der Waals surface area contributed by atoms with Crippen molar-refractivity contribution >= 4 is 11.0 Å². The van der Waals surface area contributed by atoms with Crippen molar-refractivity contribution in [2.45, 2.75) is 51.5 Å². The Hall–Kier alpha value is -3.23. The van der Waals surface area contributed by atoms with E-state index in [0.29, 0.717) is 38.0 Å². The van der Waals surface area contributed by atoms with E-state index in [-0.39, 0.29) is 12.1 Å². The van der Waals surface area contributed by atoms with Crippen molar-refractivity contribution in [3.8, 4) is 0 Å². The van der Waals surface area contributed by atoms with Crippen molar-refractivity contribution in [3.63, 3.8) is 0 Å². The molecule has 0 bridgehead atoms. The lowest BCUT2D eigenvalue weighted by molar-refractivity contribution is -0.164. The Labute approximate surface area is 243 Å². The predicted octanol–water partition coefficient (Wildman–Crippen LogP) is 5.97. The Bertz CT molecular complexity index is 1450. The average Bonchev–Trinajstić information content (AvgIpc) is 3.78. The number of methoxy groups -OCH3 is 2. The highest BCUT2D eigenvalue weighted by Crippen LogP contribution is 2.44. The first-order valence-corrected chi connectivity index (χ1v) is 14.6. The number of benzene rings is 3. The molecule has 1 fully saturated rings. The number of hydrogen-bond donors (Lipinski definition) is 1. The predicted molar refractivity (Wildman–Crippen MR) is 161 cm³/mol. The van der Waals surface area contributed by atoms with Crippen LogP contribution in [0.25, 0.3) is 11.0 Å². The number of para-hydroxylation sites is 2. The molecule has 0 spiro atoms. The standard InChI is InChI=1S/C34H43N3O4/c1-24-9-13-26(14-10-24)21-29(22-40-23-32(39-4)41-20-19-38-3)36-30-7-5-6-8-31(30)37(34(36)35)33(28-17-18-28)27-15-11-25(2)12-16-27/h5-16,28-29,32-33,35H,17-23H2,1-4H3/t29-,32?,33?/m0/s1. The summed E-state index contributed by atoms with van der Waals surface area (Å²) in [5.74, 6) is 0.532. The van der Waals surface area contributed by atoms with E-state index in [1.54, 1.807) is 14.2 Å². The summed E-state index contributed by atoms with van der Waals surface area (Å²) < 4.78 is 27.0. The summed E-state index contributed by atoms with van der Waals surface area (Å²) in [6.45, 7) is 5.88. The van der Waals surface area contributed by atoms with E-state index in [9.17, 15) is 5.41 Å². The Kier molecular flexibility index (Phi) is 9.72. The van der Waals surface area contributed by atoms with Gasteiger partial charge >= 0.3 is 0 Å². The minimum atomic E-state index is -0.479. The Morgan fingerprint density at radius 2 is 1.44 bits per heavy atom. The van der Waals surface area contributed by atoms with Gasteiger partial charge in [-0.15, -0.1) is 0 Å². The molecule has 1 saturated carbocycles. The van der Waals surface area contributed by atoms with E-state index in [4.69, 9.17) is 18.9 Å². The molecule has 0 radical (unpaired) electrons. The van der Waals surface area contributed by atoms with Gasteiger partial charge in [-0.3, -0.25) is 5.41 Å². The van der Waals surface area contributed by atoms with Gasteiger partial charge in [-0.1, -0.05) is 71.8 Å². The zero-order chi connectivity index (χ0) is 28.8. The van der Waals surface area contributed by atoms with Crippen molar-refractivity contribution in [1.82, 2.24) is 9.13 Å². The van der Waals surface area contributed by atoms with Gasteiger partial charge < -0.3 is 28.1 Å². The molecule has 7 nitrogen and oxygen atoms in total. The second-order valence-corrected chi connectivity index (χ2v) is 11.2. The van der Waals surface area contributed by atoms with Crippen LogP contribution in [-0.2, 0) is 25.4 Å². The first-order chi connectivity index (χ1) is 20.0. The Morgan fingerprint density at radius 3 is 2.05 bits per heavy atom. The second-order valence-electron chi connectivity index (χ2n) is 11.2. The third-order valence-corrected chi connectivity index (χ3v) is 8.00. The third-order valence-electron chi connectivity index (χ3n) is 8.00. The molecule has 3 atom stereocenters. The molecular formula is C34H43N3O4. The zero-order valence-corrected chi connectivity index (χ0v) is 24.7. The van der Waals surface area contributed by atoms with Gasteiger partial charge in [-0.05, 0) is 62.3 Å². The monoisotopic (exact) mass is 557 g/mol. The number of hydrogen-bond acceptors (Lipinski definition) is 5. The second kappa shape index (κ2) is 13.6. The van der Waals surface area contributed by atoms with Gasteiger partial charge in [0.2, 0.25) is 5.62 Å². The summed E-state index contributed by atoms with van der Waals surface area (Å²) in [7, 11) is 3.27. The van der Waals surface area contributed by atoms with Crippen LogP contribution in [0.2, 0.25) is 0 Å². The minimum Gasteiger partial charge on any atom is -0.382 e. The van der Waals surface area contributed by atoms with E-state index in [1.807, 2.05) is 0 Å². The van der Waals surface area contributed by atoms with Crippen LogP contribution in [0.4, 0.5) is 0 Å². The molecule has 1 aliphatic rings. The van der Waals surface area contributed by atoms with Crippen LogP contribution >= 0.6 is 0 Å². The molecule has 41 heavy (non-hydrogen) atoms. The van der Waals surface area contributed by atoms with Gasteiger partial charge in [0.1, 0.15) is 0 Å². The molecule has 0 aliphatic heterocycles. The lowest BCUT2D eigenvalue weighted by Crippen LogP contribution is -2.34. The molecule has 1 aromatic heterocycles. The number of imidazole rings is 1. The first-order valence-electron chi connectivity index (χ1n) is 14.6. The van der Waals surface area contributed by atoms with E-state index >= 15 is 0 Å². The fourth-order valence-corrected chi connectivity index (χ4v) is 5.64. The van der Waals surface area contributed by atoms with Gasteiger partial charge in [0.25, 0.3) is 0 Å². The van der Waals surface area contributed by atoms with Crippen LogP contribution in [0, 0.1) is 25.2 Å². The van der Waals surface area contributed by atoms with E-state index in [0.717, 1.165) is 17.5 Å². The van der Waals surface area contributed by atoms with Crippen LogP contribution in [0.5, 0.6) is 0 Å². The number of aryl methyl sites for hydroxylation is 2. The zero-order valence-electron chi connectivity index (χ0n) is 24.7. The normalized spacial score (nSPS) is 15.7. The maximum atomic E-state index is 9.62. The molecule has 3 aromatic carbocycles. The van der Waals surface area contributed by atoms with E-state index in [2.05, 4.69) is 95.8 Å². The van der Waals surface area contributed by atoms with Crippen LogP contribution in [0.3, 0.4) is 0 Å². The molecule has 0 saturated heterocycles. The summed E-state index contributed by atoms with van der Waals surface area (Å²) in [6, 6.07) is 26.0. The first kappa shape index (κ1) is 29.3. The number of fused-ring (bicyclic) bond motifs is 1. The maximum absolute atomic E-state index is 9.62. The molecule has 1 aliphatic carbocycles.